The summed E-state index contributed by atoms with van der Waals surface area (Å²) in [7, 11) is 0. The van der Waals surface area contributed by atoms with E-state index in [1.807, 2.05) is 18.2 Å². The Morgan fingerprint density at radius 1 is 1.17 bits per heavy atom. The van der Waals surface area contributed by atoms with E-state index in [-0.39, 0.29) is 5.78 Å². The second-order valence-corrected chi connectivity index (χ2v) is 5.84. The summed E-state index contributed by atoms with van der Waals surface area (Å²) in [6.07, 6.45) is 0. The summed E-state index contributed by atoms with van der Waals surface area (Å²) in [4.78, 5) is 11.7. The summed E-state index contributed by atoms with van der Waals surface area (Å²) in [5, 5.41) is 0.362. The van der Waals surface area contributed by atoms with Crippen molar-refractivity contribution in [2.45, 2.75) is 6.92 Å². The van der Waals surface area contributed by atoms with Crippen LogP contribution < -0.4 is 0 Å². The highest BCUT2D eigenvalue weighted by Gasteiger charge is 2.08. The summed E-state index contributed by atoms with van der Waals surface area (Å²) in [5.41, 5.74) is 4.25. The monoisotopic (exact) mass is 414 g/mol. The maximum Gasteiger partial charge on any atom is 0.173 e. The van der Waals surface area contributed by atoms with E-state index in [9.17, 15) is 4.79 Å². The van der Waals surface area contributed by atoms with Gasteiger partial charge in [-0.2, -0.15) is 0 Å². The summed E-state index contributed by atoms with van der Waals surface area (Å²) >= 11 is 5.51. The van der Waals surface area contributed by atoms with E-state index in [0.29, 0.717) is 5.33 Å². The van der Waals surface area contributed by atoms with Crippen molar-refractivity contribution in [2.75, 3.05) is 5.33 Å². The molecule has 0 spiro atoms. The zero-order chi connectivity index (χ0) is 13.1. The fraction of sp³-hybridized carbons (Fsp3) is 0.133. The first-order chi connectivity index (χ1) is 8.61. The van der Waals surface area contributed by atoms with Crippen LogP contribution in [0.1, 0.15) is 15.9 Å². The second kappa shape index (κ2) is 5.97. The molecule has 0 saturated heterocycles. The van der Waals surface area contributed by atoms with Gasteiger partial charge in [0.1, 0.15) is 0 Å². The quantitative estimate of drug-likeness (QED) is 0.398. The molecule has 0 heterocycles. The zero-order valence-corrected chi connectivity index (χ0v) is 13.7. The molecule has 0 fully saturated rings. The molecule has 0 atom stereocenters. The number of benzene rings is 2. The fourth-order valence-electron chi connectivity index (χ4n) is 1.73. The van der Waals surface area contributed by atoms with Crippen LogP contribution in [0.15, 0.2) is 42.5 Å². The van der Waals surface area contributed by atoms with E-state index in [1.54, 1.807) is 0 Å². The summed E-state index contributed by atoms with van der Waals surface area (Å²) in [6, 6.07) is 14.2. The Balaban J connectivity index is 2.49. The molecule has 0 N–H and O–H groups in total. The molecule has 0 aliphatic carbocycles. The van der Waals surface area contributed by atoms with Gasteiger partial charge in [0, 0.05) is 9.13 Å². The van der Waals surface area contributed by atoms with Gasteiger partial charge in [0.05, 0.1) is 5.33 Å². The van der Waals surface area contributed by atoms with Crippen molar-refractivity contribution < 1.29 is 4.79 Å². The van der Waals surface area contributed by atoms with Crippen LogP contribution in [-0.2, 0) is 0 Å². The van der Waals surface area contributed by atoms with Gasteiger partial charge in [0.2, 0.25) is 0 Å². The highest BCUT2D eigenvalue weighted by molar-refractivity contribution is 14.1. The minimum absolute atomic E-state index is 0.111. The number of rotatable bonds is 3. The van der Waals surface area contributed by atoms with Crippen LogP contribution in [-0.4, -0.2) is 11.1 Å². The van der Waals surface area contributed by atoms with E-state index in [0.717, 1.165) is 20.3 Å². The highest BCUT2D eigenvalue weighted by Crippen LogP contribution is 2.27. The molecular weight excluding hydrogens is 403 g/mol. The molecule has 2 aromatic rings. The molecule has 0 bridgehead atoms. The van der Waals surface area contributed by atoms with E-state index in [2.05, 4.69) is 69.7 Å². The largest absolute Gasteiger partial charge is 0.293 e. The first-order valence-corrected chi connectivity index (χ1v) is 7.77. The number of carbonyl (C=O) groups excluding carboxylic acids is 1. The van der Waals surface area contributed by atoms with Crippen LogP contribution in [0.2, 0.25) is 0 Å². The molecule has 3 heteroatoms. The SMILES string of the molecule is Cc1ccc(-c2cc(C(=O)CBr)ccc2I)cc1. The number of hydrogen-bond donors (Lipinski definition) is 0. The van der Waals surface area contributed by atoms with Gasteiger partial charge in [0.25, 0.3) is 0 Å². The average molecular weight is 415 g/mol. The van der Waals surface area contributed by atoms with Gasteiger partial charge in [-0.1, -0.05) is 51.8 Å². The minimum atomic E-state index is 0.111. The first kappa shape index (κ1) is 13.7. The lowest BCUT2D eigenvalue weighted by Gasteiger charge is -2.07. The number of halogens is 2. The van der Waals surface area contributed by atoms with E-state index in [4.69, 9.17) is 0 Å². The molecule has 0 amide bonds. The third-order valence-electron chi connectivity index (χ3n) is 2.77. The first-order valence-electron chi connectivity index (χ1n) is 5.57. The molecule has 2 rings (SSSR count). The Kier molecular flexibility index (Phi) is 4.56. The van der Waals surface area contributed by atoms with Crippen molar-refractivity contribution in [3.63, 3.8) is 0 Å². The Morgan fingerprint density at radius 3 is 2.44 bits per heavy atom. The fourth-order valence-corrected chi connectivity index (χ4v) is 2.70. The third-order valence-corrected chi connectivity index (χ3v) is 4.22. The highest BCUT2D eigenvalue weighted by atomic mass is 127. The van der Waals surface area contributed by atoms with Crippen molar-refractivity contribution in [1.82, 2.24) is 0 Å². The summed E-state index contributed by atoms with van der Waals surface area (Å²) in [6.45, 7) is 2.07. The molecule has 0 aliphatic heterocycles. The molecule has 18 heavy (non-hydrogen) atoms. The van der Waals surface area contributed by atoms with Crippen molar-refractivity contribution in [1.29, 1.82) is 0 Å². The second-order valence-electron chi connectivity index (χ2n) is 4.12. The van der Waals surface area contributed by atoms with E-state index in [1.165, 1.54) is 5.56 Å². The van der Waals surface area contributed by atoms with E-state index < -0.39 is 0 Å². The van der Waals surface area contributed by atoms with Crippen molar-refractivity contribution in [3.05, 3.63) is 57.2 Å². The Bertz CT molecular complexity index is 576. The Hall–Kier alpha value is -0.680. The summed E-state index contributed by atoms with van der Waals surface area (Å²) < 4.78 is 1.16. The number of ketones is 1. The molecule has 1 nitrogen and oxygen atoms in total. The number of Topliss-reactive ketones (excluding diaryl/α,β-unsaturated/α-hetero) is 1. The van der Waals surface area contributed by atoms with Gasteiger partial charge in [-0.05, 0) is 52.8 Å². The van der Waals surface area contributed by atoms with Crippen LogP contribution in [0.5, 0.6) is 0 Å². The van der Waals surface area contributed by atoms with Crippen molar-refractivity contribution in [2.24, 2.45) is 0 Å². The van der Waals surface area contributed by atoms with Gasteiger partial charge >= 0.3 is 0 Å². The molecule has 0 aromatic heterocycles. The number of alkyl halides is 1. The molecule has 0 radical (unpaired) electrons. The normalized spacial score (nSPS) is 10.4. The van der Waals surface area contributed by atoms with E-state index >= 15 is 0 Å². The van der Waals surface area contributed by atoms with Gasteiger partial charge in [0.15, 0.2) is 5.78 Å². The van der Waals surface area contributed by atoms with Crippen LogP contribution in [0.3, 0.4) is 0 Å². The molecule has 2 aromatic carbocycles. The Morgan fingerprint density at radius 2 is 1.83 bits per heavy atom. The van der Waals surface area contributed by atoms with Crippen molar-refractivity contribution in [3.8, 4) is 11.1 Å². The molecular formula is C15H12BrIO. The predicted molar refractivity (Wildman–Crippen MR) is 87.5 cm³/mol. The minimum Gasteiger partial charge on any atom is -0.293 e. The number of hydrogen-bond acceptors (Lipinski definition) is 1. The molecule has 0 saturated carbocycles. The van der Waals surface area contributed by atoms with Gasteiger partial charge < -0.3 is 0 Å². The van der Waals surface area contributed by atoms with Crippen molar-refractivity contribution >= 4 is 44.3 Å². The average Bonchev–Trinajstić information content (AvgIpc) is 2.39. The van der Waals surface area contributed by atoms with Crippen LogP contribution in [0, 0.1) is 10.5 Å². The zero-order valence-electron chi connectivity index (χ0n) is 9.91. The number of carbonyl (C=O) groups is 1. The van der Waals surface area contributed by atoms with Crippen LogP contribution in [0.25, 0.3) is 11.1 Å². The molecule has 0 unspecified atom stereocenters. The summed E-state index contributed by atoms with van der Waals surface area (Å²) in [5.74, 6) is 0.111. The lowest BCUT2D eigenvalue weighted by Crippen LogP contribution is -2.00. The molecule has 92 valence electrons. The third kappa shape index (κ3) is 3.01. The Labute approximate surface area is 129 Å². The maximum atomic E-state index is 11.7. The maximum absolute atomic E-state index is 11.7. The van der Waals surface area contributed by atoms with Crippen LogP contribution in [0.4, 0.5) is 0 Å². The van der Waals surface area contributed by atoms with Crippen LogP contribution >= 0.6 is 38.5 Å². The topological polar surface area (TPSA) is 17.1 Å². The predicted octanol–water partition coefficient (Wildman–Crippen LogP) is 4.84. The molecule has 0 aliphatic rings. The van der Waals surface area contributed by atoms with Gasteiger partial charge in [-0.3, -0.25) is 4.79 Å². The lowest BCUT2D eigenvalue weighted by atomic mass is 10.0. The standard InChI is InChI=1S/C15H12BrIO/c1-10-2-4-11(5-3-10)13-8-12(15(18)9-16)6-7-14(13)17/h2-8H,9H2,1H3. The number of aryl methyl sites for hydroxylation is 1. The van der Waals surface area contributed by atoms with Gasteiger partial charge in [-0.15, -0.1) is 0 Å². The lowest BCUT2D eigenvalue weighted by molar-refractivity contribution is 0.102. The van der Waals surface area contributed by atoms with Gasteiger partial charge in [-0.25, -0.2) is 0 Å². The smallest absolute Gasteiger partial charge is 0.173 e.